The average Bonchev–Trinajstić information content (AvgIpc) is 2.57. The van der Waals surface area contributed by atoms with E-state index < -0.39 is 17.6 Å². The first kappa shape index (κ1) is 21.5. The van der Waals surface area contributed by atoms with Crippen molar-refractivity contribution >= 4 is 5.84 Å². The molecule has 0 radical (unpaired) electrons. The fraction of sp³-hybridized carbons (Fsp3) is 0.833. The maximum absolute atomic E-state index is 12.5. The second-order valence-corrected chi connectivity index (χ2v) is 8.39. The number of nitrogens with zero attached hydrogens (tertiary/aromatic N) is 4. The van der Waals surface area contributed by atoms with Crippen molar-refractivity contribution in [1.29, 1.82) is 0 Å². The van der Waals surface area contributed by atoms with Gasteiger partial charge in [-0.2, -0.15) is 13.2 Å². The molecular formula is C18H33F3N6O. The van der Waals surface area contributed by atoms with Crippen molar-refractivity contribution in [3.63, 3.8) is 0 Å². The van der Waals surface area contributed by atoms with Crippen molar-refractivity contribution in [2.45, 2.75) is 25.6 Å². The first-order valence-electron chi connectivity index (χ1n) is 9.82. The number of likely N-dealkylation sites (tertiary alicyclic amines) is 3. The van der Waals surface area contributed by atoms with Gasteiger partial charge in [-0.1, -0.05) is 13.8 Å². The van der Waals surface area contributed by atoms with Crippen LogP contribution in [0.4, 0.5) is 13.2 Å². The van der Waals surface area contributed by atoms with E-state index in [4.69, 9.17) is 5.73 Å². The third-order valence-corrected chi connectivity index (χ3v) is 5.58. The zero-order chi connectivity index (χ0) is 20.6. The Balaban J connectivity index is 0.000000970. The summed E-state index contributed by atoms with van der Waals surface area (Å²) in [6.07, 6.45) is -2.96. The third-order valence-electron chi connectivity index (χ3n) is 5.58. The molecule has 0 aliphatic carbocycles. The first-order valence-corrected chi connectivity index (χ1v) is 9.82. The molecule has 0 aromatic heterocycles. The van der Waals surface area contributed by atoms with Crippen LogP contribution in [0.3, 0.4) is 0 Å². The molecule has 10 heteroatoms. The number of nitrogens with two attached hydrogens (primary N) is 1. The molecule has 4 rings (SSSR count). The Morgan fingerprint density at radius 1 is 1.14 bits per heavy atom. The molecule has 4 aliphatic heterocycles. The SMILES string of the molecule is CC.NC1(CO)CN(CN2CC3(CN(CC4=CNC(C(F)(F)F)=NC4)C3)C2)C1.[HH]. The lowest BCUT2D eigenvalue weighted by atomic mass is 9.73. The standard InChI is InChI=1S/C16H25F3N6O.C2H6.H2/c17-16(18,19)13-21-1-12(2-22-13)3-23-4-14(5-23)6-24(7-14)11-25-8-15(20,9-25)10-26;1-2;/h1,26H,2-11,20H2,(H,21,22);1-2H3;1H. The molecule has 4 aliphatic rings. The molecule has 7 nitrogen and oxygen atoms in total. The highest BCUT2D eigenvalue weighted by molar-refractivity contribution is 5.89. The largest absolute Gasteiger partial charge is 0.449 e. The Hall–Kier alpha value is -1.20. The zero-order valence-electron chi connectivity index (χ0n) is 16.6. The number of aliphatic hydroxyl groups is 1. The van der Waals surface area contributed by atoms with Crippen LogP contribution in [0.2, 0.25) is 0 Å². The van der Waals surface area contributed by atoms with Gasteiger partial charge in [0.15, 0.2) is 0 Å². The summed E-state index contributed by atoms with van der Waals surface area (Å²) < 4.78 is 37.6. The van der Waals surface area contributed by atoms with Crippen LogP contribution >= 0.6 is 0 Å². The first-order chi connectivity index (χ1) is 13.2. The van der Waals surface area contributed by atoms with Crippen LogP contribution in [0.1, 0.15) is 15.3 Å². The molecule has 4 N–H and O–H groups in total. The predicted octanol–water partition coefficient (Wildman–Crippen LogP) is 0.287. The molecule has 162 valence electrons. The molecular weight excluding hydrogens is 373 g/mol. The van der Waals surface area contributed by atoms with Gasteiger partial charge in [0, 0.05) is 58.9 Å². The summed E-state index contributed by atoms with van der Waals surface area (Å²) in [6.45, 7) is 11.2. The number of nitrogens with one attached hydrogen (secondary N) is 1. The summed E-state index contributed by atoms with van der Waals surface area (Å²) in [5, 5.41) is 11.4. The molecule has 0 unspecified atom stereocenters. The van der Waals surface area contributed by atoms with Crippen molar-refractivity contribution in [3.05, 3.63) is 11.8 Å². The number of hydrogen-bond acceptors (Lipinski definition) is 7. The lowest BCUT2D eigenvalue weighted by Gasteiger charge is -2.62. The lowest BCUT2D eigenvalue weighted by Crippen LogP contribution is -2.76. The van der Waals surface area contributed by atoms with Gasteiger partial charge in [-0.25, -0.2) is 0 Å². The zero-order valence-corrected chi connectivity index (χ0v) is 16.6. The van der Waals surface area contributed by atoms with Crippen LogP contribution < -0.4 is 11.1 Å². The van der Waals surface area contributed by atoms with Gasteiger partial charge >= 0.3 is 6.18 Å². The smallest absolute Gasteiger partial charge is 0.394 e. The normalized spacial score (nSPS) is 26.7. The molecule has 3 saturated heterocycles. The Morgan fingerprint density at radius 3 is 2.21 bits per heavy atom. The quantitative estimate of drug-likeness (QED) is 0.609. The second-order valence-electron chi connectivity index (χ2n) is 8.39. The second kappa shape index (κ2) is 7.91. The summed E-state index contributed by atoms with van der Waals surface area (Å²) in [4.78, 5) is 10.5. The third kappa shape index (κ3) is 4.51. The van der Waals surface area contributed by atoms with E-state index in [0.717, 1.165) is 51.5 Å². The number of alkyl halides is 3. The maximum Gasteiger partial charge on any atom is 0.449 e. The number of amidine groups is 1. The topological polar surface area (TPSA) is 80.4 Å². The highest BCUT2D eigenvalue weighted by Gasteiger charge is 2.52. The van der Waals surface area contributed by atoms with Gasteiger partial charge < -0.3 is 16.2 Å². The highest BCUT2D eigenvalue weighted by Crippen LogP contribution is 2.40. The minimum atomic E-state index is -4.41. The Morgan fingerprint density at radius 2 is 1.71 bits per heavy atom. The molecule has 28 heavy (non-hydrogen) atoms. The molecule has 4 heterocycles. The molecule has 0 amide bonds. The molecule has 0 atom stereocenters. The van der Waals surface area contributed by atoms with Gasteiger partial charge in [-0.15, -0.1) is 0 Å². The van der Waals surface area contributed by atoms with E-state index in [0.29, 0.717) is 12.0 Å². The fourth-order valence-electron chi connectivity index (χ4n) is 4.54. The van der Waals surface area contributed by atoms with Crippen LogP contribution in [-0.4, -0.2) is 103 Å². The molecule has 1 spiro atoms. The Bertz CT molecular complexity index is 622. The summed E-state index contributed by atoms with van der Waals surface area (Å²) in [5.41, 5.74) is 6.75. The van der Waals surface area contributed by atoms with E-state index in [9.17, 15) is 18.3 Å². The average molecular weight is 406 g/mol. The van der Waals surface area contributed by atoms with Crippen molar-refractivity contribution in [3.8, 4) is 0 Å². The van der Waals surface area contributed by atoms with Crippen LogP contribution in [0.5, 0.6) is 0 Å². The van der Waals surface area contributed by atoms with Crippen molar-refractivity contribution in [2.75, 3.05) is 65.6 Å². The number of hydrogen-bond donors (Lipinski definition) is 3. The minimum absolute atomic E-state index is 0. The molecule has 0 aromatic rings. The van der Waals surface area contributed by atoms with Gasteiger partial charge in [0.05, 0.1) is 25.4 Å². The van der Waals surface area contributed by atoms with E-state index in [-0.39, 0.29) is 14.6 Å². The summed E-state index contributed by atoms with van der Waals surface area (Å²) in [6, 6.07) is 0. The number of aliphatic imine (C=N–C) groups is 1. The van der Waals surface area contributed by atoms with Gasteiger partial charge in [-0.05, 0) is 5.57 Å². The van der Waals surface area contributed by atoms with Gasteiger partial charge in [0.2, 0.25) is 5.84 Å². The van der Waals surface area contributed by atoms with Crippen molar-refractivity contribution in [1.82, 2.24) is 20.0 Å². The van der Waals surface area contributed by atoms with Crippen LogP contribution in [0.15, 0.2) is 16.8 Å². The van der Waals surface area contributed by atoms with Crippen molar-refractivity contribution in [2.24, 2.45) is 16.1 Å². The summed E-state index contributed by atoms with van der Waals surface area (Å²) in [7, 11) is 0. The van der Waals surface area contributed by atoms with E-state index >= 15 is 0 Å². The van der Waals surface area contributed by atoms with Crippen LogP contribution in [0, 0.1) is 5.41 Å². The lowest BCUT2D eigenvalue weighted by molar-refractivity contribution is -0.139. The van der Waals surface area contributed by atoms with Gasteiger partial charge in [-0.3, -0.25) is 19.7 Å². The molecule has 0 aromatic carbocycles. The summed E-state index contributed by atoms with van der Waals surface area (Å²) in [5.74, 6) is -0.912. The predicted molar refractivity (Wildman–Crippen MR) is 104 cm³/mol. The Kier molecular flexibility index (Phi) is 6.07. The monoisotopic (exact) mass is 406 g/mol. The van der Waals surface area contributed by atoms with Crippen LogP contribution in [0.25, 0.3) is 0 Å². The fourth-order valence-corrected chi connectivity index (χ4v) is 4.54. The molecule has 3 fully saturated rings. The Labute approximate surface area is 165 Å². The van der Waals surface area contributed by atoms with Gasteiger partial charge in [0.1, 0.15) is 0 Å². The number of halogens is 3. The van der Waals surface area contributed by atoms with E-state index in [2.05, 4.69) is 25.0 Å². The minimum Gasteiger partial charge on any atom is -0.394 e. The van der Waals surface area contributed by atoms with E-state index in [1.54, 1.807) is 0 Å². The van der Waals surface area contributed by atoms with Crippen LogP contribution in [-0.2, 0) is 0 Å². The maximum atomic E-state index is 12.5. The molecule has 0 bridgehead atoms. The molecule has 0 saturated carbocycles. The summed E-state index contributed by atoms with van der Waals surface area (Å²) >= 11 is 0. The number of aliphatic hydroxyl groups excluding tert-OH is 1. The number of rotatable bonds is 5. The van der Waals surface area contributed by atoms with E-state index in [1.165, 1.54) is 6.20 Å². The van der Waals surface area contributed by atoms with Gasteiger partial charge in [0.25, 0.3) is 0 Å². The van der Waals surface area contributed by atoms with Crippen molar-refractivity contribution < 1.29 is 19.7 Å². The highest BCUT2D eigenvalue weighted by atomic mass is 19.4. The van der Waals surface area contributed by atoms with E-state index in [1.807, 2.05) is 13.8 Å².